The van der Waals surface area contributed by atoms with Crippen LogP contribution >= 0.6 is 0 Å². The van der Waals surface area contributed by atoms with E-state index in [-0.39, 0.29) is 0 Å². The van der Waals surface area contributed by atoms with Crippen LogP contribution in [-0.2, 0) is 13.0 Å². The second-order valence-corrected chi connectivity index (χ2v) is 4.57. The average molecular weight is 259 g/mol. The molecular formula is C15H19N2O2+. The molecule has 0 bridgehead atoms. The van der Waals surface area contributed by atoms with Crippen LogP contribution in [0.2, 0.25) is 0 Å². The standard InChI is InChI=1S/C15H18N2O2/c1-3-7-16-8-9-17(11-16)14-6-5-12(4-2)10-13(14)15(18)19/h5-6,8-11H,3-4,7H2,1-2H3/p+1. The van der Waals surface area contributed by atoms with E-state index in [1.807, 2.05) is 42.3 Å². The molecule has 0 atom stereocenters. The highest BCUT2D eigenvalue weighted by Gasteiger charge is 2.16. The van der Waals surface area contributed by atoms with Gasteiger partial charge < -0.3 is 5.11 Å². The van der Waals surface area contributed by atoms with Gasteiger partial charge in [0.05, 0.1) is 6.54 Å². The van der Waals surface area contributed by atoms with Crippen LogP contribution in [0.4, 0.5) is 0 Å². The number of hydrogen-bond acceptors (Lipinski definition) is 1. The maximum absolute atomic E-state index is 11.4. The Bertz CT molecular complexity index is 588. The zero-order chi connectivity index (χ0) is 13.8. The number of hydrogen-bond donors (Lipinski definition) is 1. The van der Waals surface area contributed by atoms with Crippen molar-refractivity contribution in [3.8, 4) is 5.69 Å². The number of benzene rings is 1. The van der Waals surface area contributed by atoms with E-state index >= 15 is 0 Å². The largest absolute Gasteiger partial charge is 0.478 e. The van der Waals surface area contributed by atoms with Crippen molar-refractivity contribution >= 4 is 5.97 Å². The van der Waals surface area contributed by atoms with Crippen LogP contribution in [0.3, 0.4) is 0 Å². The van der Waals surface area contributed by atoms with Crippen LogP contribution in [0, 0.1) is 0 Å². The highest BCUT2D eigenvalue weighted by atomic mass is 16.4. The second-order valence-electron chi connectivity index (χ2n) is 4.57. The minimum atomic E-state index is -0.888. The third-order valence-electron chi connectivity index (χ3n) is 3.15. The normalized spacial score (nSPS) is 10.6. The van der Waals surface area contributed by atoms with Gasteiger partial charge in [-0.25, -0.2) is 13.9 Å². The van der Waals surface area contributed by atoms with E-state index in [1.54, 1.807) is 6.07 Å². The maximum Gasteiger partial charge on any atom is 0.340 e. The summed E-state index contributed by atoms with van der Waals surface area (Å²) in [7, 11) is 0. The van der Waals surface area contributed by atoms with E-state index < -0.39 is 5.97 Å². The van der Waals surface area contributed by atoms with Crippen molar-refractivity contribution in [3.63, 3.8) is 0 Å². The Morgan fingerprint density at radius 1 is 1.37 bits per heavy atom. The van der Waals surface area contributed by atoms with E-state index in [0.717, 1.165) is 24.9 Å². The summed E-state index contributed by atoms with van der Waals surface area (Å²) in [5, 5.41) is 9.34. The molecule has 1 aromatic carbocycles. The summed E-state index contributed by atoms with van der Waals surface area (Å²) in [5.41, 5.74) is 2.09. The molecule has 0 aliphatic rings. The molecular weight excluding hydrogens is 240 g/mol. The van der Waals surface area contributed by atoms with Gasteiger partial charge in [-0.1, -0.05) is 19.9 Å². The van der Waals surface area contributed by atoms with E-state index in [2.05, 4.69) is 11.5 Å². The fourth-order valence-corrected chi connectivity index (χ4v) is 2.13. The number of nitrogens with zero attached hydrogens (tertiary/aromatic N) is 2. The first-order valence-corrected chi connectivity index (χ1v) is 6.59. The Kier molecular flexibility index (Phi) is 4.00. The molecule has 1 N–H and O–H groups in total. The topological polar surface area (TPSA) is 46.1 Å². The van der Waals surface area contributed by atoms with Crippen LogP contribution in [-0.4, -0.2) is 15.6 Å². The summed E-state index contributed by atoms with van der Waals surface area (Å²) in [6, 6.07) is 5.60. The smallest absolute Gasteiger partial charge is 0.340 e. The minimum Gasteiger partial charge on any atom is -0.478 e. The monoisotopic (exact) mass is 259 g/mol. The van der Waals surface area contributed by atoms with E-state index in [0.29, 0.717) is 11.3 Å². The average Bonchev–Trinajstić information content (AvgIpc) is 2.87. The summed E-state index contributed by atoms with van der Waals surface area (Å²) < 4.78 is 3.91. The summed E-state index contributed by atoms with van der Waals surface area (Å²) in [6.07, 6.45) is 7.67. The lowest BCUT2D eigenvalue weighted by Gasteiger charge is -2.04. The van der Waals surface area contributed by atoms with Gasteiger partial charge >= 0.3 is 5.97 Å². The summed E-state index contributed by atoms with van der Waals surface area (Å²) in [6.45, 7) is 5.07. The van der Waals surface area contributed by atoms with Gasteiger partial charge in [0, 0.05) is 0 Å². The molecule has 4 nitrogen and oxygen atoms in total. The van der Waals surface area contributed by atoms with Gasteiger partial charge in [0.15, 0.2) is 0 Å². The molecule has 0 saturated heterocycles. The Morgan fingerprint density at radius 2 is 2.16 bits per heavy atom. The third-order valence-corrected chi connectivity index (χ3v) is 3.15. The van der Waals surface area contributed by atoms with Gasteiger partial charge in [-0.05, 0) is 30.5 Å². The van der Waals surface area contributed by atoms with Gasteiger partial charge in [-0.2, -0.15) is 0 Å². The van der Waals surface area contributed by atoms with E-state index in [1.165, 1.54) is 0 Å². The number of aromatic nitrogens is 2. The first kappa shape index (κ1) is 13.3. The molecule has 2 aromatic rings. The van der Waals surface area contributed by atoms with Crippen molar-refractivity contribution < 1.29 is 14.5 Å². The highest BCUT2D eigenvalue weighted by Crippen LogP contribution is 2.17. The van der Waals surface area contributed by atoms with E-state index in [9.17, 15) is 9.90 Å². The lowest BCUT2D eigenvalue weighted by molar-refractivity contribution is -0.696. The molecule has 0 amide bonds. The predicted octanol–water partition coefficient (Wildman–Crippen LogP) is 2.44. The number of carboxylic acid groups (broad SMARTS) is 1. The highest BCUT2D eigenvalue weighted by molar-refractivity contribution is 5.92. The molecule has 1 heterocycles. The van der Waals surface area contributed by atoms with Crippen molar-refractivity contribution in [2.75, 3.05) is 0 Å². The van der Waals surface area contributed by atoms with Crippen molar-refractivity contribution in [2.45, 2.75) is 33.2 Å². The Hall–Kier alpha value is -2.10. The number of imidazole rings is 1. The molecule has 0 unspecified atom stereocenters. The Balaban J connectivity index is 2.45. The summed E-state index contributed by atoms with van der Waals surface area (Å²) in [5.74, 6) is -0.888. The molecule has 2 rings (SSSR count). The zero-order valence-electron chi connectivity index (χ0n) is 11.3. The minimum absolute atomic E-state index is 0.346. The lowest BCUT2D eigenvalue weighted by atomic mass is 10.1. The Morgan fingerprint density at radius 3 is 2.79 bits per heavy atom. The number of carbonyl (C=O) groups is 1. The molecule has 100 valence electrons. The van der Waals surface area contributed by atoms with Gasteiger partial charge in [0.1, 0.15) is 23.6 Å². The number of carboxylic acids is 1. The quantitative estimate of drug-likeness (QED) is 0.838. The predicted molar refractivity (Wildman–Crippen MR) is 72.6 cm³/mol. The fourth-order valence-electron chi connectivity index (χ4n) is 2.13. The molecule has 0 radical (unpaired) electrons. The number of aromatic carboxylic acids is 1. The molecule has 0 saturated carbocycles. The molecule has 0 spiro atoms. The lowest BCUT2D eigenvalue weighted by Crippen LogP contribution is -2.30. The first-order chi connectivity index (χ1) is 9.15. The summed E-state index contributed by atoms with van der Waals surface area (Å²) in [4.78, 5) is 11.4. The van der Waals surface area contributed by atoms with Gasteiger partial charge in [-0.15, -0.1) is 0 Å². The van der Waals surface area contributed by atoms with Crippen molar-refractivity contribution in [1.82, 2.24) is 4.57 Å². The van der Waals surface area contributed by atoms with Crippen molar-refractivity contribution in [3.05, 3.63) is 48.0 Å². The molecule has 4 heteroatoms. The first-order valence-electron chi connectivity index (χ1n) is 6.59. The number of rotatable bonds is 5. The van der Waals surface area contributed by atoms with Gasteiger partial charge in [0.2, 0.25) is 6.33 Å². The van der Waals surface area contributed by atoms with Crippen LogP contribution in [0.25, 0.3) is 5.69 Å². The molecule has 0 aliphatic carbocycles. The van der Waals surface area contributed by atoms with Crippen LogP contribution in [0.15, 0.2) is 36.9 Å². The molecule has 0 fully saturated rings. The fraction of sp³-hybridized carbons (Fsp3) is 0.333. The molecule has 0 aliphatic heterocycles. The Labute approximate surface area is 112 Å². The van der Waals surface area contributed by atoms with Crippen LogP contribution in [0.5, 0.6) is 0 Å². The van der Waals surface area contributed by atoms with Gasteiger partial charge in [-0.3, -0.25) is 0 Å². The molecule has 1 aromatic heterocycles. The summed E-state index contributed by atoms with van der Waals surface area (Å²) >= 11 is 0. The third kappa shape index (κ3) is 2.84. The zero-order valence-corrected chi connectivity index (χ0v) is 11.3. The molecule has 19 heavy (non-hydrogen) atoms. The second kappa shape index (κ2) is 5.69. The van der Waals surface area contributed by atoms with Crippen molar-refractivity contribution in [1.29, 1.82) is 0 Å². The van der Waals surface area contributed by atoms with Gasteiger partial charge in [0.25, 0.3) is 0 Å². The van der Waals surface area contributed by atoms with Crippen LogP contribution in [0.1, 0.15) is 36.2 Å². The number of aryl methyl sites for hydroxylation is 2. The van der Waals surface area contributed by atoms with Crippen molar-refractivity contribution in [2.24, 2.45) is 0 Å². The SMILES string of the molecule is CCC[n+]1ccn(-c2ccc(CC)cc2C(=O)O)c1. The van der Waals surface area contributed by atoms with Crippen LogP contribution < -0.4 is 4.57 Å². The van der Waals surface area contributed by atoms with E-state index in [4.69, 9.17) is 0 Å². The maximum atomic E-state index is 11.4.